The molecule has 1 N–H and O–H groups in total. The van der Waals surface area contributed by atoms with Crippen LogP contribution in [-0.2, 0) is 6.18 Å². The lowest BCUT2D eigenvalue weighted by molar-refractivity contribution is -0.141. The fraction of sp³-hybridized carbons (Fsp3) is 0.500. The van der Waals surface area contributed by atoms with Crippen LogP contribution in [0.15, 0.2) is 0 Å². The van der Waals surface area contributed by atoms with Crippen molar-refractivity contribution < 1.29 is 17.9 Å². The molecule has 0 aliphatic heterocycles. The number of rotatable bonds is 3. The summed E-state index contributed by atoms with van der Waals surface area (Å²) in [5, 5.41) is 2.42. The third-order valence-corrected chi connectivity index (χ3v) is 1.42. The highest BCUT2D eigenvalue weighted by atomic mass is 19.4. The van der Waals surface area contributed by atoms with E-state index >= 15 is 0 Å². The highest BCUT2D eigenvalue weighted by molar-refractivity contribution is 5.30. The molecule has 0 spiro atoms. The number of hydrogen-bond acceptors (Lipinski definition) is 4. The maximum absolute atomic E-state index is 12.3. The molecule has 1 rings (SSSR count). The van der Waals surface area contributed by atoms with Crippen LogP contribution in [-0.4, -0.2) is 23.6 Å². The molecule has 7 heteroatoms. The van der Waals surface area contributed by atoms with E-state index in [1.165, 1.54) is 7.05 Å². The highest BCUT2D eigenvalue weighted by Gasteiger charge is 2.34. The van der Waals surface area contributed by atoms with Crippen molar-refractivity contribution in [2.45, 2.75) is 13.1 Å². The first-order chi connectivity index (χ1) is 6.97. The molecule has 1 aromatic rings. The van der Waals surface area contributed by atoms with E-state index in [0.29, 0.717) is 0 Å². The van der Waals surface area contributed by atoms with Crippen LogP contribution >= 0.6 is 0 Å². The second kappa shape index (κ2) is 4.33. The summed E-state index contributed by atoms with van der Waals surface area (Å²) in [6.07, 6.45) is -4.56. The van der Waals surface area contributed by atoms with Gasteiger partial charge in [0.05, 0.1) is 12.7 Å². The van der Waals surface area contributed by atoms with Crippen molar-refractivity contribution in [3.05, 3.63) is 11.8 Å². The zero-order chi connectivity index (χ0) is 11.5. The Morgan fingerprint density at radius 3 is 2.53 bits per heavy atom. The Bertz CT molecular complexity index is 340. The van der Waals surface area contributed by atoms with E-state index in [2.05, 4.69) is 15.3 Å². The van der Waals surface area contributed by atoms with Crippen molar-refractivity contribution in [2.24, 2.45) is 0 Å². The molecule has 4 nitrogen and oxygen atoms in total. The summed E-state index contributed by atoms with van der Waals surface area (Å²) < 4.78 is 41.8. The lowest BCUT2D eigenvalue weighted by atomic mass is 10.4. The highest BCUT2D eigenvalue weighted by Crippen LogP contribution is 2.29. The Morgan fingerprint density at radius 1 is 1.40 bits per heavy atom. The summed E-state index contributed by atoms with van der Waals surface area (Å²) in [7, 11) is 1.42. The number of nitrogens with one attached hydrogen (secondary N) is 1. The number of nitrogens with zero attached hydrogens (tertiary/aromatic N) is 2. The molecule has 0 aliphatic carbocycles. The molecule has 0 amide bonds. The van der Waals surface area contributed by atoms with Crippen LogP contribution in [0.5, 0.6) is 5.88 Å². The third kappa shape index (κ3) is 2.97. The summed E-state index contributed by atoms with van der Waals surface area (Å²) in [6, 6.07) is 1.95. The summed E-state index contributed by atoms with van der Waals surface area (Å²) in [6.45, 7) is 1.86. The lowest BCUT2D eigenvalue weighted by Gasteiger charge is -2.09. The number of hydrogen-bond donors (Lipinski definition) is 1. The van der Waals surface area contributed by atoms with Gasteiger partial charge in [-0.3, -0.25) is 0 Å². The Morgan fingerprint density at radius 2 is 2.07 bits per heavy atom. The Labute approximate surface area is 84.5 Å². The predicted molar refractivity (Wildman–Crippen MR) is 46.6 cm³/mol. The minimum Gasteiger partial charge on any atom is -0.477 e. The number of alkyl halides is 3. The fourth-order valence-corrected chi connectivity index (χ4v) is 0.835. The van der Waals surface area contributed by atoms with Crippen molar-refractivity contribution in [2.75, 3.05) is 19.0 Å². The van der Waals surface area contributed by atoms with E-state index in [1.54, 1.807) is 6.92 Å². The molecule has 0 aliphatic rings. The van der Waals surface area contributed by atoms with Gasteiger partial charge in [0.1, 0.15) is 0 Å². The number of ether oxygens (including phenoxy) is 1. The number of aromatic nitrogens is 2. The smallest absolute Gasteiger partial charge is 0.434 e. The fourth-order valence-electron chi connectivity index (χ4n) is 0.835. The van der Waals surface area contributed by atoms with Crippen molar-refractivity contribution in [3.63, 3.8) is 0 Å². The molecule has 83 valence electrons. The van der Waals surface area contributed by atoms with E-state index in [0.717, 1.165) is 0 Å². The molecular weight excluding hydrogens is 211 g/mol. The molecule has 0 atom stereocenters. The van der Waals surface area contributed by atoms with E-state index in [9.17, 15) is 13.2 Å². The zero-order valence-electron chi connectivity index (χ0n) is 8.14. The Kier molecular flexibility index (Phi) is 3.33. The number of anilines is 1. The summed E-state index contributed by atoms with van der Waals surface area (Å²) >= 11 is 0. The van der Waals surface area contributed by atoms with Crippen LogP contribution in [0.1, 0.15) is 12.6 Å². The van der Waals surface area contributed by atoms with Gasteiger partial charge in [-0.25, -0.2) is 4.98 Å². The molecule has 0 saturated heterocycles. The van der Waals surface area contributed by atoms with E-state index in [4.69, 9.17) is 4.74 Å². The average molecular weight is 220 g/mol. The molecule has 0 saturated carbocycles. The van der Waals surface area contributed by atoms with E-state index < -0.39 is 11.9 Å². The zero-order valence-corrected chi connectivity index (χ0v) is 8.14. The maximum atomic E-state index is 12.3. The first-order valence-electron chi connectivity index (χ1n) is 4.16. The standard InChI is InChI=1S/C8H9F3N3O/c1-3-15-6-4-5(8(9,10)11)13-7(12-2)14-6/h3H2,1-2H3,(H,12,13,14). The van der Waals surface area contributed by atoms with Crippen LogP contribution in [0.4, 0.5) is 19.1 Å². The van der Waals surface area contributed by atoms with Crippen molar-refractivity contribution >= 4 is 5.95 Å². The lowest BCUT2D eigenvalue weighted by Crippen LogP contribution is -2.12. The van der Waals surface area contributed by atoms with Crippen molar-refractivity contribution in [1.29, 1.82) is 0 Å². The molecule has 1 aromatic heterocycles. The minimum absolute atomic E-state index is 0.149. The first-order valence-corrected chi connectivity index (χ1v) is 4.16. The van der Waals surface area contributed by atoms with Gasteiger partial charge in [0.25, 0.3) is 0 Å². The third-order valence-electron chi connectivity index (χ3n) is 1.42. The average Bonchev–Trinajstić information content (AvgIpc) is 2.16. The summed E-state index contributed by atoms with van der Waals surface area (Å²) in [4.78, 5) is 6.88. The molecular formula is C8H9F3N3O. The van der Waals surface area contributed by atoms with Gasteiger partial charge in [-0.15, -0.1) is 0 Å². The molecule has 0 bridgehead atoms. The van der Waals surface area contributed by atoms with Crippen LogP contribution in [0, 0.1) is 6.07 Å². The topological polar surface area (TPSA) is 47.0 Å². The normalized spacial score (nSPS) is 11.3. The predicted octanol–water partition coefficient (Wildman–Crippen LogP) is 1.74. The van der Waals surface area contributed by atoms with Gasteiger partial charge in [0.15, 0.2) is 5.69 Å². The molecule has 0 aromatic carbocycles. The second-order valence-corrected chi connectivity index (χ2v) is 2.51. The van der Waals surface area contributed by atoms with E-state index in [1.807, 2.05) is 6.07 Å². The van der Waals surface area contributed by atoms with Crippen molar-refractivity contribution in [3.8, 4) is 5.88 Å². The Balaban J connectivity index is 3.11. The minimum atomic E-state index is -4.56. The van der Waals surface area contributed by atoms with E-state index in [-0.39, 0.29) is 18.4 Å². The van der Waals surface area contributed by atoms with Gasteiger partial charge < -0.3 is 10.1 Å². The van der Waals surface area contributed by atoms with Gasteiger partial charge in [-0.05, 0) is 6.92 Å². The molecule has 0 fully saturated rings. The molecule has 1 radical (unpaired) electrons. The quantitative estimate of drug-likeness (QED) is 0.842. The number of halogens is 3. The first kappa shape index (κ1) is 11.5. The summed E-state index contributed by atoms with van der Waals surface area (Å²) in [5.41, 5.74) is -1.15. The van der Waals surface area contributed by atoms with Crippen LogP contribution in [0.2, 0.25) is 0 Å². The Hall–Kier alpha value is -1.53. The molecule has 1 heterocycles. The molecule has 15 heavy (non-hydrogen) atoms. The van der Waals surface area contributed by atoms with Crippen LogP contribution in [0.25, 0.3) is 0 Å². The van der Waals surface area contributed by atoms with Crippen molar-refractivity contribution in [1.82, 2.24) is 9.97 Å². The SMILES string of the molecule is CCOc1[c]c(C(F)(F)F)nc(NC)n1. The monoisotopic (exact) mass is 220 g/mol. The van der Waals surface area contributed by atoms with Gasteiger partial charge in [0, 0.05) is 7.05 Å². The van der Waals surface area contributed by atoms with Gasteiger partial charge in [-0.2, -0.15) is 18.2 Å². The van der Waals surface area contributed by atoms with Crippen LogP contribution in [0.3, 0.4) is 0 Å². The second-order valence-electron chi connectivity index (χ2n) is 2.51. The van der Waals surface area contributed by atoms with Gasteiger partial charge in [0.2, 0.25) is 11.8 Å². The summed E-state index contributed by atoms with van der Waals surface area (Å²) in [5.74, 6) is -0.367. The van der Waals surface area contributed by atoms with Crippen LogP contribution < -0.4 is 10.1 Å². The van der Waals surface area contributed by atoms with Gasteiger partial charge in [-0.1, -0.05) is 0 Å². The molecule has 0 unspecified atom stereocenters. The van der Waals surface area contributed by atoms with Gasteiger partial charge >= 0.3 is 6.18 Å². The maximum Gasteiger partial charge on any atom is 0.434 e. The largest absolute Gasteiger partial charge is 0.477 e.